The Kier molecular flexibility index (Phi) is 3.77. The summed E-state index contributed by atoms with van der Waals surface area (Å²) in [5.41, 5.74) is 6.56. The van der Waals surface area contributed by atoms with Gasteiger partial charge in [-0.25, -0.2) is 0 Å². The number of hydrogen-bond acceptors (Lipinski definition) is 4. The van der Waals surface area contributed by atoms with Gasteiger partial charge in [0.05, 0.1) is 6.10 Å². The summed E-state index contributed by atoms with van der Waals surface area (Å²) in [6, 6.07) is 0. The topological polar surface area (TPSA) is 80.4 Å². The van der Waals surface area contributed by atoms with Crippen LogP contribution in [0.3, 0.4) is 0 Å². The molecule has 0 amide bonds. The first-order chi connectivity index (χ1) is 11.4. The van der Waals surface area contributed by atoms with E-state index >= 15 is 0 Å². The zero-order valence-electron chi connectivity index (χ0n) is 14.6. The number of rotatable bonds is 2. The SMILES string of the molecule is C[C@]12CC[C@H]3[C@@H](CC=C4CC(=O)CC[C@@]43C(O)CN)[C@@H]1CCC2=O. The monoisotopic (exact) mass is 331 g/mol. The molecule has 0 aromatic rings. The molecule has 132 valence electrons. The summed E-state index contributed by atoms with van der Waals surface area (Å²) in [6.07, 6.45) is 7.99. The van der Waals surface area contributed by atoms with Crippen molar-refractivity contribution >= 4 is 11.6 Å². The summed E-state index contributed by atoms with van der Waals surface area (Å²) in [5.74, 6) is 1.98. The molecule has 0 heterocycles. The smallest absolute Gasteiger partial charge is 0.139 e. The predicted molar refractivity (Wildman–Crippen MR) is 91.1 cm³/mol. The summed E-state index contributed by atoms with van der Waals surface area (Å²) in [5, 5.41) is 10.9. The second-order valence-electron chi connectivity index (χ2n) is 8.77. The molecule has 3 fully saturated rings. The number of fused-ring (bicyclic) bond motifs is 5. The summed E-state index contributed by atoms with van der Waals surface area (Å²) in [4.78, 5) is 24.5. The zero-order valence-corrected chi connectivity index (χ0v) is 14.6. The van der Waals surface area contributed by atoms with Gasteiger partial charge < -0.3 is 10.8 Å². The normalized spacial score (nSPS) is 46.0. The average molecular weight is 331 g/mol. The molecule has 4 aliphatic rings. The minimum atomic E-state index is -0.578. The fourth-order valence-electron chi connectivity index (χ4n) is 6.80. The van der Waals surface area contributed by atoms with E-state index < -0.39 is 6.10 Å². The lowest BCUT2D eigenvalue weighted by molar-refractivity contribution is -0.136. The van der Waals surface area contributed by atoms with Crippen molar-refractivity contribution in [1.82, 2.24) is 0 Å². The number of carbonyl (C=O) groups is 2. The molecule has 0 aromatic carbocycles. The number of aliphatic hydroxyl groups is 1. The molecule has 24 heavy (non-hydrogen) atoms. The van der Waals surface area contributed by atoms with Gasteiger partial charge in [0.2, 0.25) is 0 Å². The maximum atomic E-state index is 12.5. The molecule has 6 atom stereocenters. The fraction of sp³-hybridized carbons (Fsp3) is 0.800. The van der Waals surface area contributed by atoms with E-state index in [1.54, 1.807) is 0 Å². The third-order valence-electron chi connectivity index (χ3n) is 8.07. The van der Waals surface area contributed by atoms with Crippen molar-refractivity contribution in [3.63, 3.8) is 0 Å². The molecule has 3 N–H and O–H groups in total. The quantitative estimate of drug-likeness (QED) is 0.761. The van der Waals surface area contributed by atoms with Crippen molar-refractivity contribution in [1.29, 1.82) is 0 Å². The van der Waals surface area contributed by atoms with Gasteiger partial charge in [0.15, 0.2) is 0 Å². The molecule has 4 aliphatic carbocycles. The van der Waals surface area contributed by atoms with Crippen molar-refractivity contribution < 1.29 is 14.7 Å². The van der Waals surface area contributed by atoms with Gasteiger partial charge in [-0.3, -0.25) is 9.59 Å². The molecule has 0 radical (unpaired) electrons. The number of aliphatic hydroxyl groups excluding tert-OH is 1. The minimum absolute atomic E-state index is 0.161. The molecule has 0 spiro atoms. The molecule has 0 bridgehead atoms. The highest BCUT2D eigenvalue weighted by atomic mass is 16.3. The lowest BCUT2D eigenvalue weighted by Crippen LogP contribution is -2.57. The maximum absolute atomic E-state index is 12.5. The second-order valence-corrected chi connectivity index (χ2v) is 8.77. The first kappa shape index (κ1) is 16.5. The van der Waals surface area contributed by atoms with Crippen LogP contribution in [0.25, 0.3) is 0 Å². The fourth-order valence-corrected chi connectivity index (χ4v) is 6.80. The molecule has 0 aromatic heterocycles. The van der Waals surface area contributed by atoms with Crippen molar-refractivity contribution in [2.24, 2.45) is 34.3 Å². The van der Waals surface area contributed by atoms with Crippen LogP contribution in [0.4, 0.5) is 0 Å². The highest BCUT2D eigenvalue weighted by molar-refractivity contribution is 5.87. The Hall–Kier alpha value is -1.00. The lowest BCUT2D eigenvalue weighted by Gasteiger charge is -2.58. The zero-order chi connectivity index (χ0) is 17.1. The van der Waals surface area contributed by atoms with Gasteiger partial charge in [0.1, 0.15) is 11.6 Å². The van der Waals surface area contributed by atoms with Crippen LogP contribution < -0.4 is 5.73 Å². The average Bonchev–Trinajstić information content (AvgIpc) is 2.89. The van der Waals surface area contributed by atoms with E-state index in [1.165, 1.54) is 0 Å². The minimum Gasteiger partial charge on any atom is -0.391 e. The van der Waals surface area contributed by atoms with Crippen molar-refractivity contribution in [3.05, 3.63) is 11.6 Å². The van der Waals surface area contributed by atoms with Gasteiger partial charge in [-0.1, -0.05) is 18.6 Å². The number of nitrogens with two attached hydrogens (primary N) is 1. The molecular weight excluding hydrogens is 302 g/mol. The first-order valence-corrected chi connectivity index (χ1v) is 9.56. The summed E-state index contributed by atoms with van der Waals surface area (Å²) in [7, 11) is 0. The molecule has 4 rings (SSSR count). The first-order valence-electron chi connectivity index (χ1n) is 9.56. The van der Waals surface area contributed by atoms with Gasteiger partial charge >= 0.3 is 0 Å². The van der Waals surface area contributed by atoms with Gasteiger partial charge in [-0.15, -0.1) is 0 Å². The molecule has 3 saturated carbocycles. The van der Waals surface area contributed by atoms with Gasteiger partial charge in [0.25, 0.3) is 0 Å². The highest BCUT2D eigenvalue weighted by Gasteiger charge is 2.61. The maximum Gasteiger partial charge on any atom is 0.139 e. The third kappa shape index (κ3) is 1.99. The van der Waals surface area contributed by atoms with E-state index in [9.17, 15) is 14.7 Å². The largest absolute Gasteiger partial charge is 0.391 e. The van der Waals surface area contributed by atoms with E-state index in [0.717, 1.165) is 37.7 Å². The summed E-state index contributed by atoms with van der Waals surface area (Å²) < 4.78 is 0. The Balaban J connectivity index is 1.76. The van der Waals surface area contributed by atoms with E-state index in [1.807, 2.05) is 0 Å². The molecule has 1 unspecified atom stereocenters. The number of allylic oxidation sites excluding steroid dienone is 1. The summed E-state index contributed by atoms with van der Waals surface area (Å²) >= 11 is 0. The van der Waals surface area contributed by atoms with Crippen molar-refractivity contribution in [3.8, 4) is 0 Å². The Bertz CT molecular complexity index is 612. The van der Waals surface area contributed by atoms with Crippen LogP contribution in [0.1, 0.15) is 58.3 Å². The number of ketones is 2. The molecular formula is C20H29NO3. The van der Waals surface area contributed by atoms with Crippen LogP contribution in [-0.4, -0.2) is 29.3 Å². The van der Waals surface area contributed by atoms with Crippen LogP contribution in [-0.2, 0) is 9.59 Å². The van der Waals surface area contributed by atoms with E-state index in [2.05, 4.69) is 13.0 Å². The van der Waals surface area contributed by atoms with Gasteiger partial charge in [0, 0.05) is 36.6 Å². The summed E-state index contributed by atoms with van der Waals surface area (Å²) in [6.45, 7) is 2.41. The van der Waals surface area contributed by atoms with Crippen molar-refractivity contribution in [2.45, 2.75) is 64.4 Å². The van der Waals surface area contributed by atoms with Crippen LogP contribution in [0.5, 0.6) is 0 Å². The van der Waals surface area contributed by atoms with Crippen LogP contribution in [0.15, 0.2) is 11.6 Å². The third-order valence-corrected chi connectivity index (χ3v) is 8.07. The Labute approximate surface area is 143 Å². The Morgan fingerprint density at radius 1 is 1.25 bits per heavy atom. The van der Waals surface area contributed by atoms with E-state index in [-0.39, 0.29) is 23.2 Å². The van der Waals surface area contributed by atoms with E-state index in [4.69, 9.17) is 5.73 Å². The van der Waals surface area contributed by atoms with E-state index in [0.29, 0.717) is 42.8 Å². The van der Waals surface area contributed by atoms with Crippen LogP contribution >= 0.6 is 0 Å². The number of carbonyl (C=O) groups excluding carboxylic acids is 2. The number of hydrogen-bond donors (Lipinski definition) is 2. The Morgan fingerprint density at radius 3 is 2.79 bits per heavy atom. The standard InChI is InChI=1S/C20H29NO3/c1-19-8-7-16-14(15(19)4-5-17(19)23)3-2-12-10-13(22)6-9-20(12,16)18(24)11-21/h2,14-16,18,24H,3-11,21H2,1H3/t14-,15-,16-,18?,19-,20+/m0/s1. The lowest BCUT2D eigenvalue weighted by atomic mass is 9.46. The second kappa shape index (κ2) is 5.50. The molecule has 4 nitrogen and oxygen atoms in total. The van der Waals surface area contributed by atoms with Gasteiger partial charge in [-0.05, 0) is 49.9 Å². The molecule has 0 saturated heterocycles. The van der Waals surface area contributed by atoms with Crippen LogP contribution in [0, 0.1) is 28.6 Å². The highest BCUT2D eigenvalue weighted by Crippen LogP contribution is 2.64. The predicted octanol–water partition coefficient (Wildman–Crippen LogP) is 2.39. The number of Topliss-reactive ketones (excluding diaryl/α,β-unsaturated/α-hetero) is 2. The van der Waals surface area contributed by atoms with Gasteiger partial charge in [-0.2, -0.15) is 0 Å². The van der Waals surface area contributed by atoms with Crippen molar-refractivity contribution in [2.75, 3.05) is 6.54 Å². The molecule has 4 heteroatoms. The Morgan fingerprint density at radius 2 is 2.04 bits per heavy atom. The van der Waals surface area contributed by atoms with Crippen LogP contribution in [0.2, 0.25) is 0 Å². The molecule has 0 aliphatic heterocycles.